The zero-order valence-corrected chi connectivity index (χ0v) is 13.4. The van der Waals surface area contributed by atoms with Crippen molar-refractivity contribution in [3.8, 4) is 0 Å². The van der Waals surface area contributed by atoms with Gasteiger partial charge in [-0.2, -0.15) is 0 Å². The Morgan fingerprint density at radius 1 is 1.09 bits per heavy atom. The lowest BCUT2D eigenvalue weighted by Crippen LogP contribution is -2.27. The van der Waals surface area contributed by atoms with E-state index in [9.17, 15) is 14.4 Å². The maximum Gasteiger partial charge on any atom is 0.253 e. The molecule has 1 heterocycles. The van der Waals surface area contributed by atoms with Crippen molar-refractivity contribution in [2.24, 2.45) is 0 Å². The fourth-order valence-corrected chi connectivity index (χ4v) is 2.08. The second-order valence-corrected chi connectivity index (χ2v) is 5.50. The number of carbonyl (C=O) groups excluding carboxylic acids is 2. The first-order chi connectivity index (χ1) is 10.9. The van der Waals surface area contributed by atoms with Crippen LogP contribution >= 0.6 is 0 Å². The van der Waals surface area contributed by atoms with E-state index in [2.05, 4.69) is 5.32 Å². The van der Waals surface area contributed by atoms with Crippen molar-refractivity contribution in [1.82, 2.24) is 9.47 Å². The fourth-order valence-electron chi connectivity index (χ4n) is 2.08. The maximum atomic E-state index is 12.0. The lowest BCUT2D eigenvalue weighted by Gasteiger charge is -2.11. The topological polar surface area (TPSA) is 71.4 Å². The molecule has 2 amide bonds. The Bertz CT molecular complexity index is 776. The lowest BCUT2D eigenvalue weighted by molar-refractivity contribution is -0.116. The van der Waals surface area contributed by atoms with Gasteiger partial charge in [0.15, 0.2) is 0 Å². The molecular formula is C17H19N3O3. The van der Waals surface area contributed by atoms with Crippen molar-refractivity contribution in [3.05, 3.63) is 64.1 Å². The Kier molecular flexibility index (Phi) is 4.95. The largest absolute Gasteiger partial charge is 0.345 e. The molecule has 0 saturated carbocycles. The van der Waals surface area contributed by atoms with Crippen molar-refractivity contribution in [1.29, 1.82) is 0 Å². The molecule has 1 N–H and O–H groups in total. The summed E-state index contributed by atoms with van der Waals surface area (Å²) in [5.74, 6) is -0.404. The second kappa shape index (κ2) is 6.91. The first-order valence-electron chi connectivity index (χ1n) is 7.15. The second-order valence-electron chi connectivity index (χ2n) is 5.50. The highest BCUT2D eigenvalue weighted by Crippen LogP contribution is 2.11. The highest BCUT2D eigenvalue weighted by atomic mass is 16.2. The number of anilines is 1. The Balaban J connectivity index is 2.04. The number of nitrogens with one attached hydrogen (secondary N) is 1. The van der Waals surface area contributed by atoms with Crippen LogP contribution in [0.5, 0.6) is 0 Å². The van der Waals surface area contributed by atoms with Gasteiger partial charge in [0.25, 0.3) is 11.5 Å². The molecule has 1 aromatic carbocycles. The third kappa shape index (κ3) is 4.29. The molecule has 0 bridgehead atoms. The number of amides is 2. The number of pyridine rings is 1. The minimum atomic E-state index is -0.301. The molecule has 120 valence electrons. The third-order valence-corrected chi connectivity index (χ3v) is 3.27. The van der Waals surface area contributed by atoms with Crippen LogP contribution < -0.4 is 10.9 Å². The predicted octanol–water partition coefficient (Wildman–Crippen LogP) is 1.50. The molecule has 0 saturated heterocycles. The van der Waals surface area contributed by atoms with E-state index in [4.69, 9.17) is 0 Å². The summed E-state index contributed by atoms with van der Waals surface area (Å²) < 4.78 is 1.36. The van der Waals surface area contributed by atoms with Gasteiger partial charge in [0.1, 0.15) is 6.54 Å². The Morgan fingerprint density at radius 3 is 2.35 bits per heavy atom. The van der Waals surface area contributed by atoms with E-state index < -0.39 is 0 Å². The fraction of sp³-hybridized carbons (Fsp3) is 0.235. The van der Waals surface area contributed by atoms with Crippen LogP contribution in [0.25, 0.3) is 0 Å². The monoisotopic (exact) mass is 313 g/mol. The van der Waals surface area contributed by atoms with Gasteiger partial charge < -0.3 is 14.8 Å². The molecule has 0 spiro atoms. The van der Waals surface area contributed by atoms with Gasteiger partial charge in [-0.3, -0.25) is 14.4 Å². The molecular weight excluding hydrogens is 294 g/mol. The molecule has 0 aliphatic heterocycles. The summed E-state index contributed by atoms with van der Waals surface area (Å²) in [6, 6.07) is 9.76. The van der Waals surface area contributed by atoms with Crippen LogP contribution in [0.15, 0.2) is 47.4 Å². The summed E-state index contributed by atoms with van der Waals surface area (Å²) in [5, 5.41) is 2.71. The van der Waals surface area contributed by atoms with Gasteiger partial charge in [0, 0.05) is 37.6 Å². The van der Waals surface area contributed by atoms with E-state index in [0.29, 0.717) is 11.3 Å². The van der Waals surface area contributed by atoms with Crippen molar-refractivity contribution in [2.45, 2.75) is 13.5 Å². The predicted molar refractivity (Wildman–Crippen MR) is 88.5 cm³/mol. The zero-order chi connectivity index (χ0) is 17.0. The van der Waals surface area contributed by atoms with Crippen molar-refractivity contribution in [3.63, 3.8) is 0 Å². The molecule has 0 radical (unpaired) electrons. The number of carbonyl (C=O) groups is 2. The van der Waals surface area contributed by atoms with Crippen molar-refractivity contribution < 1.29 is 9.59 Å². The molecule has 0 fully saturated rings. The summed E-state index contributed by atoms with van der Waals surface area (Å²) in [4.78, 5) is 37.0. The smallest absolute Gasteiger partial charge is 0.253 e. The molecule has 23 heavy (non-hydrogen) atoms. The molecule has 0 aliphatic rings. The molecule has 0 unspecified atom stereocenters. The van der Waals surface area contributed by atoms with Crippen LogP contribution in [0.1, 0.15) is 15.9 Å². The van der Waals surface area contributed by atoms with Gasteiger partial charge in [0.05, 0.1) is 0 Å². The number of hydrogen-bond donors (Lipinski definition) is 1. The molecule has 6 nitrogen and oxygen atoms in total. The summed E-state index contributed by atoms with van der Waals surface area (Å²) in [6.45, 7) is 1.80. The van der Waals surface area contributed by atoms with E-state index in [-0.39, 0.29) is 23.9 Å². The standard InChI is InChI=1S/C17H19N3O3/c1-12-4-9-16(22)20(10-12)11-15(21)18-14-7-5-13(6-8-14)17(23)19(2)3/h4-10H,11H2,1-3H3,(H,18,21). The molecule has 2 rings (SSSR count). The average Bonchev–Trinajstić information content (AvgIpc) is 2.51. The molecule has 0 atom stereocenters. The lowest BCUT2D eigenvalue weighted by atomic mass is 10.2. The number of aromatic nitrogens is 1. The Labute approximate surface area is 134 Å². The molecule has 6 heteroatoms. The van der Waals surface area contributed by atoms with Gasteiger partial charge in [0.2, 0.25) is 5.91 Å². The Hall–Kier alpha value is -2.89. The quantitative estimate of drug-likeness (QED) is 0.930. The van der Waals surface area contributed by atoms with Crippen LogP contribution in [0.2, 0.25) is 0 Å². The van der Waals surface area contributed by atoms with Gasteiger partial charge in [-0.15, -0.1) is 0 Å². The van der Waals surface area contributed by atoms with Crippen molar-refractivity contribution >= 4 is 17.5 Å². The maximum absolute atomic E-state index is 12.0. The Morgan fingerprint density at radius 2 is 1.74 bits per heavy atom. The number of rotatable bonds is 4. The van der Waals surface area contributed by atoms with E-state index >= 15 is 0 Å². The normalized spacial score (nSPS) is 10.2. The van der Waals surface area contributed by atoms with Gasteiger partial charge >= 0.3 is 0 Å². The SMILES string of the molecule is Cc1ccc(=O)n(CC(=O)Nc2ccc(C(=O)N(C)C)cc2)c1. The van der Waals surface area contributed by atoms with Crippen LogP contribution in [0, 0.1) is 6.92 Å². The summed E-state index contributed by atoms with van der Waals surface area (Å²) in [7, 11) is 3.36. The number of aryl methyl sites for hydroxylation is 1. The number of nitrogens with zero attached hydrogens (tertiary/aromatic N) is 2. The number of hydrogen-bond acceptors (Lipinski definition) is 3. The van der Waals surface area contributed by atoms with E-state index in [0.717, 1.165) is 5.56 Å². The van der Waals surface area contributed by atoms with E-state index in [1.165, 1.54) is 15.5 Å². The van der Waals surface area contributed by atoms with Crippen LogP contribution in [0.4, 0.5) is 5.69 Å². The first kappa shape index (κ1) is 16.5. The minimum Gasteiger partial charge on any atom is -0.345 e. The van der Waals surface area contributed by atoms with Gasteiger partial charge in [-0.1, -0.05) is 6.07 Å². The molecule has 0 aliphatic carbocycles. The first-order valence-corrected chi connectivity index (χ1v) is 7.15. The average molecular weight is 313 g/mol. The third-order valence-electron chi connectivity index (χ3n) is 3.27. The summed E-state index contributed by atoms with van der Waals surface area (Å²) in [5.41, 5.74) is 1.80. The van der Waals surface area contributed by atoms with E-state index in [1.54, 1.807) is 50.6 Å². The van der Waals surface area contributed by atoms with Crippen LogP contribution in [-0.2, 0) is 11.3 Å². The van der Waals surface area contributed by atoms with Crippen LogP contribution in [0.3, 0.4) is 0 Å². The molecule has 2 aromatic rings. The highest BCUT2D eigenvalue weighted by molar-refractivity contribution is 5.95. The van der Waals surface area contributed by atoms with Crippen molar-refractivity contribution in [2.75, 3.05) is 19.4 Å². The van der Waals surface area contributed by atoms with E-state index in [1.807, 2.05) is 6.92 Å². The zero-order valence-electron chi connectivity index (χ0n) is 13.4. The minimum absolute atomic E-state index is 0.0567. The van der Waals surface area contributed by atoms with Gasteiger partial charge in [-0.05, 0) is 36.8 Å². The highest BCUT2D eigenvalue weighted by Gasteiger charge is 2.09. The van der Waals surface area contributed by atoms with Gasteiger partial charge in [-0.25, -0.2) is 0 Å². The molecule has 1 aromatic heterocycles. The summed E-state index contributed by atoms with van der Waals surface area (Å²) >= 11 is 0. The van der Waals surface area contributed by atoms with Crippen LogP contribution in [-0.4, -0.2) is 35.4 Å². The summed E-state index contributed by atoms with van der Waals surface area (Å²) in [6.07, 6.45) is 1.64. The number of benzene rings is 1.